The first-order valence-corrected chi connectivity index (χ1v) is 8.19. The molecule has 0 radical (unpaired) electrons. The van der Waals surface area contributed by atoms with Crippen LogP contribution in [0.4, 0.5) is 0 Å². The van der Waals surface area contributed by atoms with Crippen LogP contribution in [0.15, 0.2) is 18.2 Å². The Morgan fingerprint density at radius 1 is 1.24 bits per heavy atom. The SMILES string of the molecule is COS(=O)(=O)N[C@H]1OC(C)(C)O[C@H]1c1c(Cl)cccc1Cl. The summed E-state index contributed by atoms with van der Waals surface area (Å²) < 4.78 is 41.1. The Morgan fingerprint density at radius 3 is 2.33 bits per heavy atom. The fourth-order valence-electron chi connectivity index (χ4n) is 2.03. The Labute approximate surface area is 133 Å². The molecule has 1 N–H and O–H groups in total. The van der Waals surface area contributed by atoms with Crippen molar-refractivity contribution in [3.63, 3.8) is 0 Å². The lowest BCUT2D eigenvalue weighted by Gasteiger charge is -2.19. The van der Waals surface area contributed by atoms with Gasteiger partial charge in [0.05, 0.1) is 7.11 Å². The number of hydrogen-bond acceptors (Lipinski definition) is 5. The maximum Gasteiger partial charge on any atom is 0.337 e. The molecule has 1 aromatic rings. The first-order valence-electron chi connectivity index (χ1n) is 6.02. The van der Waals surface area contributed by atoms with Gasteiger partial charge in [-0.2, -0.15) is 13.1 Å². The molecule has 1 aromatic carbocycles. The molecule has 1 saturated heterocycles. The normalized spacial score (nSPS) is 25.2. The van der Waals surface area contributed by atoms with Crippen LogP contribution in [0.2, 0.25) is 10.0 Å². The lowest BCUT2D eigenvalue weighted by atomic mass is 10.1. The Bertz CT molecular complexity index is 614. The topological polar surface area (TPSA) is 73.9 Å². The van der Waals surface area contributed by atoms with Crippen LogP contribution in [0.3, 0.4) is 0 Å². The van der Waals surface area contributed by atoms with E-state index < -0.39 is 28.4 Å². The first kappa shape index (κ1) is 17.0. The van der Waals surface area contributed by atoms with Crippen LogP contribution in [0, 0.1) is 0 Å². The zero-order valence-electron chi connectivity index (χ0n) is 11.6. The number of hydrogen-bond donors (Lipinski definition) is 1. The van der Waals surface area contributed by atoms with Gasteiger partial charge >= 0.3 is 10.3 Å². The van der Waals surface area contributed by atoms with Crippen molar-refractivity contribution in [2.45, 2.75) is 32.0 Å². The quantitative estimate of drug-likeness (QED) is 0.898. The molecule has 0 spiro atoms. The van der Waals surface area contributed by atoms with Gasteiger partial charge in [0.15, 0.2) is 12.0 Å². The smallest absolute Gasteiger partial charge is 0.337 e. The minimum Gasteiger partial charge on any atom is -0.338 e. The molecule has 0 aliphatic carbocycles. The summed E-state index contributed by atoms with van der Waals surface area (Å²) in [7, 11) is -2.92. The predicted molar refractivity (Wildman–Crippen MR) is 78.3 cm³/mol. The average Bonchev–Trinajstić information content (AvgIpc) is 2.63. The minimum absolute atomic E-state index is 0.357. The third-order valence-electron chi connectivity index (χ3n) is 2.86. The molecule has 2 rings (SSSR count). The van der Waals surface area contributed by atoms with E-state index in [2.05, 4.69) is 8.91 Å². The summed E-state index contributed by atoms with van der Waals surface area (Å²) in [5, 5.41) is 0.714. The van der Waals surface area contributed by atoms with Crippen molar-refractivity contribution in [3.8, 4) is 0 Å². The lowest BCUT2D eigenvalue weighted by molar-refractivity contribution is -0.147. The third-order valence-corrected chi connectivity index (χ3v) is 4.48. The van der Waals surface area contributed by atoms with E-state index in [1.54, 1.807) is 32.0 Å². The Hall–Kier alpha value is -0.410. The van der Waals surface area contributed by atoms with Gasteiger partial charge in [-0.1, -0.05) is 29.3 Å². The highest BCUT2D eigenvalue weighted by atomic mass is 35.5. The Kier molecular flexibility index (Phi) is 4.84. The van der Waals surface area contributed by atoms with Gasteiger partial charge in [0.1, 0.15) is 6.10 Å². The zero-order chi connectivity index (χ0) is 15.8. The molecular formula is C12H15Cl2NO5S. The summed E-state index contributed by atoms with van der Waals surface area (Å²) in [6, 6.07) is 4.96. The van der Waals surface area contributed by atoms with Crippen LogP contribution in [-0.2, 0) is 24.0 Å². The van der Waals surface area contributed by atoms with Crippen molar-refractivity contribution in [1.82, 2.24) is 4.72 Å². The molecular weight excluding hydrogens is 341 g/mol. The highest BCUT2D eigenvalue weighted by Crippen LogP contribution is 2.42. The van der Waals surface area contributed by atoms with E-state index in [1.165, 1.54) is 0 Å². The molecule has 0 saturated carbocycles. The molecule has 6 nitrogen and oxygen atoms in total. The van der Waals surface area contributed by atoms with E-state index in [0.29, 0.717) is 15.6 Å². The molecule has 1 heterocycles. The van der Waals surface area contributed by atoms with E-state index in [-0.39, 0.29) is 0 Å². The van der Waals surface area contributed by atoms with Crippen molar-refractivity contribution >= 4 is 33.5 Å². The summed E-state index contributed by atoms with van der Waals surface area (Å²) in [5.74, 6) is -1.01. The molecule has 9 heteroatoms. The maximum atomic E-state index is 11.6. The van der Waals surface area contributed by atoms with E-state index >= 15 is 0 Å². The van der Waals surface area contributed by atoms with Crippen molar-refractivity contribution in [3.05, 3.63) is 33.8 Å². The summed E-state index contributed by atoms with van der Waals surface area (Å²) in [5.41, 5.74) is 0.454. The van der Waals surface area contributed by atoms with Crippen LogP contribution in [-0.4, -0.2) is 27.5 Å². The van der Waals surface area contributed by atoms with E-state index in [4.69, 9.17) is 32.7 Å². The van der Waals surface area contributed by atoms with Gasteiger partial charge in [-0.3, -0.25) is 4.18 Å². The van der Waals surface area contributed by atoms with E-state index in [9.17, 15) is 8.42 Å². The molecule has 0 unspecified atom stereocenters. The number of halogens is 2. The predicted octanol–water partition coefficient (Wildman–Crippen LogP) is 2.62. The van der Waals surface area contributed by atoms with Gasteiger partial charge in [0.25, 0.3) is 0 Å². The second-order valence-corrected chi connectivity index (χ2v) is 7.14. The molecule has 2 atom stereocenters. The largest absolute Gasteiger partial charge is 0.338 e. The van der Waals surface area contributed by atoms with Gasteiger partial charge in [0.2, 0.25) is 0 Å². The number of nitrogens with one attached hydrogen (secondary N) is 1. The van der Waals surface area contributed by atoms with Crippen molar-refractivity contribution < 1.29 is 22.1 Å². The second kappa shape index (κ2) is 6.00. The van der Waals surface area contributed by atoms with Crippen molar-refractivity contribution in [2.24, 2.45) is 0 Å². The summed E-state index contributed by atoms with van der Waals surface area (Å²) in [6.07, 6.45) is -1.81. The van der Waals surface area contributed by atoms with Gasteiger partial charge < -0.3 is 9.47 Å². The summed E-state index contributed by atoms with van der Waals surface area (Å²) >= 11 is 12.3. The standard InChI is InChI=1S/C12H15Cl2NO5S/c1-12(2)19-10(9-7(13)5-4-6-8(9)14)11(20-12)15-21(16,17)18-3/h4-6,10-11,15H,1-3H3/t10-,11-/m0/s1. The molecule has 1 fully saturated rings. The maximum absolute atomic E-state index is 11.6. The zero-order valence-corrected chi connectivity index (χ0v) is 13.9. The van der Waals surface area contributed by atoms with Crippen LogP contribution >= 0.6 is 23.2 Å². The molecule has 21 heavy (non-hydrogen) atoms. The monoisotopic (exact) mass is 355 g/mol. The lowest BCUT2D eigenvalue weighted by Crippen LogP contribution is -2.39. The van der Waals surface area contributed by atoms with Crippen molar-refractivity contribution in [1.29, 1.82) is 0 Å². The van der Waals surface area contributed by atoms with Crippen LogP contribution in [0.5, 0.6) is 0 Å². The van der Waals surface area contributed by atoms with Gasteiger partial charge in [-0.15, -0.1) is 0 Å². The summed E-state index contributed by atoms with van der Waals surface area (Å²) in [4.78, 5) is 0. The molecule has 118 valence electrons. The number of ether oxygens (including phenoxy) is 2. The van der Waals surface area contributed by atoms with Crippen LogP contribution < -0.4 is 4.72 Å². The van der Waals surface area contributed by atoms with Gasteiger partial charge in [-0.25, -0.2) is 0 Å². The van der Waals surface area contributed by atoms with Crippen LogP contribution in [0.25, 0.3) is 0 Å². The van der Waals surface area contributed by atoms with Gasteiger partial charge in [-0.05, 0) is 26.0 Å². The van der Waals surface area contributed by atoms with Gasteiger partial charge in [0, 0.05) is 15.6 Å². The molecule has 1 aliphatic rings. The molecule has 0 amide bonds. The Balaban J connectivity index is 2.40. The van der Waals surface area contributed by atoms with Crippen LogP contribution in [0.1, 0.15) is 25.5 Å². The van der Waals surface area contributed by atoms with E-state index in [1.807, 2.05) is 0 Å². The Morgan fingerprint density at radius 2 is 1.81 bits per heavy atom. The fraction of sp³-hybridized carbons (Fsp3) is 0.500. The fourth-order valence-corrected chi connectivity index (χ4v) is 3.20. The highest BCUT2D eigenvalue weighted by molar-refractivity contribution is 7.84. The second-order valence-electron chi connectivity index (χ2n) is 4.85. The average molecular weight is 356 g/mol. The van der Waals surface area contributed by atoms with E-state index in [0.717, 1.165) is 7.11 Å². The minimum atomic E-state index is -3.96. The third kappa shape index (κ3) is 3.87. The molecule has 0 bridgehead atoms. The van der Waals surface area contributed by atoms with Crippen molar-refractivity contribution in [2.75, 3.05) is 7.11 Å². The number of benzene rings is 1. The molecule has 1 aliphatic heterocycles. The highest BCUT2D eigenvalue weighted by Gasteiger charge is 2.45. The number of rotatable bonds is 4. The first-order chi connectivity index (χ1) is 9.65. The molecule has 0 aromatic heterocycles. The summed E-state index contributed by atoms with van der Waals surface area (Å²) in [6.45, 7) is 3.32.